The van der Waals surface area contributed by atoms with Crippen LogP contribution in [0.3, 0.4) is 0 Å². The molecule has 0 saturated heterocycles. The Bertz CT molecular complexity index is 785. The Morgan fingerprint density at radius 1 is 0.844 bits per heavy atom. The van der Waals surface area contributed by atoms with Gasteiger partial charge in [-0.05, 0) is 38.5 Å². The summed E-state index contributed by atoms with van der Waals surface area (Å²) < 4.78 is 90.1. The van der Waals surface area contributed by atoms with Crippen LogP contribution in [-0.2, 0) is 28.6 Å². The molecule has 180 valence electrons. The number of hydrogen-bond acceptors (Lipinski definition) is 6. The maximum atomic E-state index is 12.8. The zero-order valence-corrected chi connectivity index (χ0v) is 17.2. The second kappa shape index (κ2) is 7.65. The van der Waals surface area contributed by atoms with Gasteiger partial charge in [-0.3, -0.25) is 9.59 Å². The topological polar surface area (TPSA) is 78.9 Å². The average Bonchev–Trinajstić information content (AvgIpc) is 2.61. The normalized spacial score (nSPS) is 33.5. The molecular weight excluding hydrogens is 450 g/mol. The van der Waals surface area contributed by atoms with Gasteiger partial charge in [-0.25, -0.2) is 4.79 Å². The van der Waals surface area contributed by atoms with Gasteiger partial charge in [0.15, 0.2) is 13.2 Å². The Morgan fingerprint density at radius 3 is 1.66 bits per heavy atom. The molecule has 0 aromatic carbocycles. The van der Waals surface area contributed by atoms with Gasteiger partial charge >= 0.3 is 30.3 Å². The van der Waals surface area contributed by atoms with Gasteiger partial charge in [0.1, 0.15) is 5.60 Å². The van der Waals surface area contributed by atoms with Crippen molar-refractivity contribution < 1.29 is 54.9 Å². The first kappa shape index (κ1) is 24.4. The van der Waals surface area contributed by atoms with Gasteiger partial charge in [0, 0.05) is 18.4 Å². The summed E-state index contributed by atoms with van der Waals surface area (Å²) in [6.07, 6.45) is -9.93. The van der Waals surface area contributed by atoms with Crippen LogP contribution in [0.1, 0.15) is 45.4 Å². The predicted octanol–water partition coefficient (Wildman–Crippen LogP) is 4.03. The van der Waals surface area contributed by atoms with Crippen LogP contribution in [0, 0.1) is 16.7 Å². The summed E-state index contributed by atoms with van der Waals surface area (Å²) in [5.74, 6) is -3.73. The highest BCUT2D eigenvalue weighted by Crippen LogP contribution is 2.68. The molecule has 4 saturated carbocycles. The summed E-state index contributed by atoms with van der Waals surface area (Å²) >= 11 is 0. The second-order valence-electron chi connectivity index (χ2n) is 9.30. The molecule has 4 aliphatic rings. The predicted molar refractivity (Wildman–Crippen MR) is 93.7 cm³/mol. The van der Waals surface area contributed by atoms with Gasteiger partial charge in [0.25, 0.3) is 0 Å². The van der Waals surface area contributed by atoms with Crippen molar-refractivity contribution in [3.63, 3.8) is 0 Å². The Labute approximate surface area is 179 Å². The monoisotopic (exact) mass is 472 g/mol. The molecule has 0 aromatic rings. The molecule has 0 aromatic heterocycles. The Kier molecular flexibility index (Phi) is 5.83. The van der Waals surface area contributed by atoms with Crippen molar-refractivity contribution >= 4 is 17.9 Å². The standard InChI is InChI=1S/C20H22F6O6/c1-11(2)13(27)32-18-5-12-3-16(7-18,14(28)30-9-19(21,22)23)6-17(4-12,8-18)15(29)31-10-20(24,25)26/h12H,1,3-10H2,2H3. The van der Waals surface area contributed by atoms with E-state index in [0.717, 1.165) is 0 Å². The van der Waals surface area contributed by atoms with Gasteiger partial charge in [0.2, 0.25) is 0 Å². The summed E-state index contributed by atoms with van der Waals surface area (Å²) in [5, 5.41) is 0. The lowest BCUT2D eigenvalue weighted by atomic mass is 9.42. The van der Waals surface area contributed by atoms with Crippen molar-refractivity contribution in [1.29, 1.82) is 0 Å². The van der Waals surface area contributed by atoms with E-state index >= 15 is 0 Å². The molecule has 0 heterocycles. The van der Waals surface area contributed by atoms with E-state index in [9.17, 15) is 40.7 Å². The number of rotatable bonds is 6. The number of hydrogen-bond donors (Lipinski definition) is 0. The maximum Gasteiger partial charge on any atom is 0.422 e. The smallest absolute Gasteiger partial charge is 0.422 e. The van der Waals surface area contributed by atoms with Crippen molar-refractivity contribution in [3.05, 3.63) is 12.2 Å². The molecule has 12 heteroatoms. The first-order valence-electron chi connectivity index (χ1n) is 9.86. The van der Waals surface area contributed by atoms with Crippen LogP contribution >= 0.6 is 0 Å². The Morgan fingerprint density at radius 2 is 1.28 bits per heavy atom. The van der Waals surface area contributed by atoms with E-state index < -0.39 is 65.8 Å². The van der Waals surface area contributed by atoms with Crippen molar-refractivity contribution in [2.24, 2.45) is 16.7 Å². The fourth-order valence-electron chi connectivity index (χ4n) is 5.80. The molecule has 0 amide bonds. The fourth-order valence-corrected chi connectivity index (χ4v) is 5.80. The van der Waals surface area contributed by atoms with E-state index in [2.05, 4.69) is 16.1 Å². The minimum atomic E-state index is -4.79. The van der Waals surface area contributed by atoms with E-state index in [-0.39, 0.29) is 44.1 Å². The van der Waals surface area contributed by atoms with E-state index in [0.29, 0.717) is 0 Å². The van der Waals surface area contributed by atoms with Gasteiger partial charge in [-0.1, -0.05) is 6.58 Å². The summed E-state index contributed by atoms with van der Waals surface area (Å²) in [5.41, 5.74) is -4.64. The average molecular weight is 472 g/mol. The van der Waals surface area contributed by atoms with Crippen molar-refractivity contribution in [3.8, 4) is 0 Å². The molecule has 0 N–H and O–H groups in total. The number of esters is 3. The van der Waals surface area contributed by atoms with Gasteiger partial charge in [-0.2, -0.15) is 26.3 Å². The molecule has 6 nitrogen and oxygen atoms in total. The zero-order valence-electron chi connectivity index (χ0n) is 17.2. The molecule has 4 bridgehead atoms. The quantitative estimate of drug-likeness (QED) is 0.252. The molecule has 32 heavy (non-hydrogen) atoms. The third-order valence-corrected chi connectivity index (χ3v) is 6.27. The Balaban J connectivity index is 1.94. The molecule has 0 aliphatic heterocycles. The van der Waals surface area contributed by atoms with Crippen LogP contribution in [0.15, 0.2) is 12.2 Å². The van der Waals surface area contributed by atoms with Crippen molar-refractivity contribution in [1.82, 2.24) is 0 Å². The van der Waals surface area contributed by atoms with Crippen LogP contribution in [0.4, 0.5) is 26.3 Å². The van der Waals surface area contributed by atoms with Gasteiger partial charge in [-0.15, -0.1) is 0 Å². The zero-order chi connectivity index (χ0) is 24.2. The number of halogens is 6. The molecule has 0 spiro atoms. The highest BCUT2D eigenvalue weighted by molar-refractivity contribution is 5.88. The third kappa shape index (κ3) is 4.88. The molecule has 2 unspecified atom stereocenters. The van der Waals surface area contributed by atoms with Crippen LogP contribution in [0.25, 0.3) is 0 Å². The lowest BCUT2D eigenvalue weighted by Crippen LogP contribution is -2.66. The van der Waals surface area contributed by atoms with E-state index in [4.69, 9.17) is 4.74 Å². The van der Waals surface area contributed by atoms with Gasteiger partial charge in [0.05, 0.1) is 10.8 Å². The van der Waals surface area contributed by atoms with Crippen molar-refractivity contribution in [2.45, 2.75) is 63.4 Å². The highest BCUT2D eigenvalue weighted by Gasteiger charge is 2.70. The van der Waals surface area contributed by atoms with Gasteiger partial charge < -0.3 is 14.2 Å². The first-order valence-corrected chi connectivity index (χ1v) is 9.86. The molecule has 4 rings (SSSR count). The Hall–Kier alpha value is -2.27. The molecular formula is C20H22F6O6. The minimum absolute atomic E-state index is 0.0168. The van der Waals surface area contributed by atoms with E-state index in [1.807, 2.05) is 0 Å². The highest BCUT2D eigenvalue weighted by atomic mass is 19.4. The molecule has 0 radical (unpaired) electrons. The molecule has 4 aliphatic carbocycles. The second-order valence-corrected chi connectivity index (χ2v) is 9.30. The summed E-state index contributed by atoms with van der Waals surface area (Å²) in [7, 11) is 0. The first-order chi connectivity index (χ1) is 14.5. The number of carbonyl (C=O) groups is 3. The summed E-state index contributed by atoms with van der Waals surface area (Å²) in [4.78, 5) is 37.8. The minimum Gasteiger partial charge on any atom is -0.456 e. The van der Waals surface area contributed by atoms with Crippen LogP contribution in [0.5, 0.6) is 0 Å². The van der Waals surface area contributed by atoms with E-state index in [1.54, 1.807) is 0 Å². The largest absolute Gasteiger partial charge is 0.456 e. The number of ether oxygens (including phenoxy) is 3. The molecule has 2 atom stereocenters. The van der Waals surface area contributed by atoms with E-state index in [1.165, 1.54) is 6.92 Å². The van der Waals surface area contributed by atoms with Crippen molar-refractivity contribution in [2.75, 3.05) is 13.2 Å². The lowest BCUT2D eigenvalue weighted by molar-refractivity contribution is -0.243. The SMILES string of the molecule is C=C(C)C(=O)OC12CC3CC(C(=O)OCC(F)(F)F)(C1)CC(C(=O)OCC(F)(F)F)(C3)C2. The molecule has 4 fully saturated rings. The number of carbonyl (C=O) groups excluding carboxylic acids is 3. The maximum absolute atomic E-state index is 12.8. The van der Waals surface area contributed by atoms with Crippen LogP contribution in [-0.4, -0.2) is 49.1 Å². The fraction of sp³-hybridized carbons (Fsp3) is 0.750. The number of alkyl halides is 6. The third-order valence-electron chi connectivity index (χ3n) is 6.27. The van der Waals surface area contributed by atoms with Crippen LogP contribution in [0.2, 0.25) is 0 Å². The summed E-state index contributed by atoms with van der Waals surface area (Å²) in [6, 6.07) is 0. The lowest BCUT2D eigenvalue weighted by Gasteiger charge is -2.63. The van der Waals surface area contributed by atoms with Crippen LogP contribution < -0.4 is 0 Å². The summed E-state index contributed by atoms with van der Waals surface area (Å²) in [6.45, 7) is 1.14.